The third kappa shape index (κ3) is 3.23. The van der Waals surface area contributed by atoms with Crippen molar-refractivity contribution in [3.63, 3.8) is 0 Å². The Hall–Kier alpha value is -1.01. The van der Waals surface area contributed by atoms with Gasteiger partial charge in [-0.3, -0.25) is 11.3 Å². The summed E-state index contributed by atoms with van der Waals surface area (Å²) in [4.78, 5) is 8.46. The van der Waals surface area contributed by atoms with Crippen LogP contribution in [0.15, 0.2) is 23.7 Å². The zero-order valence-corrected chi connectivity index (χ0v) is 10.9. The third-order valence-corrected chi connectivity index (χ3v) is 3.48. The van der Waals surface area contributed by atoms with Crippen LogP contribution in [0.4, 0.5) is 0 Å². The van der Waals surface area contributed by atoms with Gasteiger partial charge in [0.25, 0.3) is 0 Å². The molecule has 2 heterocycles. The van der Waals surface area contributed by atoms with E-state index in [1.54, 1.807) is 23.6 Å². The van der Waals surface area contributed by atoms with Gasteiger partial charge in [0.1, 0.15) is 5.15 Å². The van der Waals surface area contributed by atoms with Crippen molar-refractivity contribution < 1.29 is 0 Å². The number of nitrogens with two attached hydrogens (primary N) is 1. The fourth-order valence-electron chi connectivity index (χ4n) is 1.58. The molecule has 2 aromatic heterocycles. The second-order valence-electron chi connectivity index (χ2n) is 3.70. The Labute approximate surface area is 109 Å². The lowest BCUT2D eigenvalue weighted by molar-refractivity contribution is 0.545. The van der Waals surface area contributed by atoms with Crippen LogP contribution in [-0.2, 0) is 6.42 Å². The molecule has 0 saturated heterocycles. The minimum atomic E-state index is 0.00117. The van der Waals surface area contributed by atoms with Gasteiger partial charge in [-0.25, -0.2) is 9.97 Å². The van der Waals surface area contributed by atoms with Gasteiger partial charge in [0, 0.05) is 18.0 Å². The van der Waals surface area contributed by atoms with Crippen molar-refractivity contribution in [3.05, 3.63) is 45.1 Å². The van der Waals surface area contributed by atoms with Gasteiger partial charge in [-0.2, -0.15) is 0 Å². The van der Waals surface area contributed by atoms with E-state index in [9.17, 15) is 0 Å². The minimum absolute atomic E-state index is 0.00117. The summed E-state index contributed by atoms with van der Waals surface area (Å²) in [6.45, 7) is 1.99. The molecule has 6 heteroatoms. The number of rotatable bonds is 4. The maximum atomic E-state index is 5.75. The van der Waals surface area contributed by atoms with Crippen LogP contribution < -0.4 is 11.3 Å². The molecule has 0 aliphatic heterocycles. The third-order valence-electron chi connectivity index (χ3n) is 2.43. The van der Waals surface area contributed by atoms with E-state index in [1.165, 1.54) is 0 Å². The van der Waals surface area contributed by atoms with Crippen molar-refractivity contribution >= 4 is 22.9 Å². The van der Waals surface area contributed by atoms with Crippen molar-refractivity contribution in [2.75, 3.05) is 0 Å². The molecular weight excluding hydrogens is 256 g/mol. The van der Waals surface area contributed by atoms with E-state index >= 15 is 0 Å². The SMILES string of the molecule is Cc1nc(CC(NN)c2ccc(Cl)nc2)cs1. The number of pyridine rings is 1. The van der Waals surface area contributed by atoms with Crippen LogP contribution in [0.5, 0.6) is 0 Å². The number of hydrogen-bond acceptors (Lipinski definition) is 5. The summed E-state index contributed by atoms with van der Waals surface area (Å²) in [5.41, 5.74) is 4.81. The molecule has 0 saturated carbocycles. The first-order chi connectivity index (χ1) is 8.19. The summed E-state index contributed by atoms with van der Waals surface area (Å²) >= 11 is 7.39. The quantitative estimate of drug-likeness (QED) is 0.507. The summed E-state index contributed by atoms with van der Waals surface area (Å²) in [6, 6.07) is 3.67. The first-order valence-corrected chi connectivity index (χ1v) is 6.43. The Kier molecular flexibility index (Phi) is 4.06. The first-order valence-electron chi connectivity index (χ1n) is 5.17. The Morgan fingerprint density at radius 2 is 2.35 bits per heavy atom. The highest BCUT2D eigenvalue weighted by molar-refractivity contribution is 7.09. The van der Waals surface area contributed by atoms with Crippen LogP contribution in [0.2, 0.25) is 5.15 Å². The lowest BCUT2D eigenvalue weighted by Gasteiger charge is -2.14. The molecule has 1 unspecified atom stereocenters. The number of nitrogens with zero attached hydrogens (tertiary/aromatic N) is 2. The zero-order valence-electron chi connectivity index (χ0n) is 9.35. The largest absolute Gasteiger partial charge is 0.271 e. The molecular formula is C11H13ClN4S. The van der Waals surface area contributed by atoms with Gasteiger partial charge < -0.3 is 0 Å². The molecule has 4 nitrogen and oxygen atoms in total. The van der Waals surface area contributed by atoms with Crippen molar-refractivity contribution in [2.24, 2.45) is 5.84 Å². The van der Waals surface area contributed by atoms with Crippen LogP contribution in [0.25, 0.3) is 0 Å². The molecule has 2 rings (SSSR count). The molecule has 0 bridgehead atoms. The number of hydrogen-bond donors (Lipinski definition) is 2. The van der Waals surface area contributed by atoms with Gasteiger partial charge >= 0.3 is 0 Å². The number of hydrazine groups is 1. The predicted molar refractivity (Wildman–Crippen MR) is 69.9 cm³/mol. The van der Waals surface area contributed by atoms with Gasteiger partial charge in [-0.1, -0.05) is 17.7 Å². The van der Waals surface area contributed by atoms with E-state index in [0.717, 1.165) is 22.7 Å². The van der Waals surface area contributed by atoms with Crippen molar-refractivity contribution in [1.82, 2.24) is 15.4 Å². The molecule has 0 aliphatic carbocycles. The Morgan fingerprint density at radius 1 is 1.53 bits per heavy atom. The van der Waals surface area contributed by atoms with Crippen molar-refractivity contribution in [1.29, 1.82) is 0 Å². The summed E-state index contributed by atoms with van der Waals surface area (Å²) < 4.78 is 0. The van der Waals surface area contributed by atoms with E-state index in [2.05, 4.69) is 15.4 Å². The molecule has 0 fully saturated rings. The van der Waals surface area contributed by atoms with E-state index < -0.39 is 0 Å². The standard InChI is InChI=1S/C11H13ClN4S/c1-7-15-9(6-17-7)4-10(16-13)8-2-3-11(12)14-5-8/h2-3,5-6,10,16H,4,13H2,1H3. The molecule has 0 aromatic carbocycles. The summed E-state index contributed by atoms with van der Waals surface area (Å²) in [5, 5.41) is 3.59. The number of nitrogens with one attached hydrogen (secondary N) is 1. The van der Waals surface area contributed by atoms with Crippen molar-refractivity contribution in [3.8, 4) is 0 Å². The normalized spacial score (nSPS) is 12.6. The molecule has 90 valence electrons. The summed E-state index contributed by atoms with van der Waals surface area (Å²) in [6.07, 6.45) is 2.47. The van der Waals surface area contributed by atoms with Gasteiger partial charge in [-0.05, 0) is 18.6 Å². The molecule has 0 amide bonds. The Balaban J connectivity index is 2.13. The van der Waals surface area contributed by atoms with Gasteiger partial charge in [0.15, 0.2) is 0 Å². The Bertz CT molecular complexity index is 482. The molecule has 1 atom stereocenters. The van der Waals surface area contributed by atoms with Crippen molar-refractivity contribution in [2.45, 2.75) is 19.4 Å². The second-order valence-corrected chi connectivity index (χ2v) is 5.14. The van der Waals surface area contributed by atoms with E-state index in [-0.39, 0.29) is 6.04 Å². The van der Waals surface area contributed by atoms with Crippen LogP contribution >= 0.6 is 22.9 Å². The predicted octanol–water partition coefficient (Wildman–Crippen LogP) is 2.25. The summed E-state index contributed by atoms with van der Waals surface area (Å²) in [5.74, 6) is 5.56. The minimum Gasteiger partial charge on any atom is -0.271 e. The van der Waals surface area contributed by atoms with E-state index in [0.29, 0.717) is 5.15 Å². The monoisotopic (exact) mass is 268 g/mol. The number of thiazole rings is 1. The number of aromatic nitrogens is 2. The lowest BCUT2D eigenvalue weighted by Crippen LogP contribution is -2.29. The molecule has 0 radical (unpaired) electrons. The van der Waals surface area contributed by atoms with Crippen LogP contribution in [0.1, 0.15) is 22.3 Å². The maximum absolute atomic E-state index is 5.75. The maximum Gasteiger partial charge on any atom is 0.129 e. The van der Waals surface area contributed by atoms with E-state index in [1.807, 2.05) is 18.4 Å². The Morgan fingerprint density at radius 3 is 2.88 bits per heavy atom. The second kappa shape index (κ2) is 5.55. The average Bonchev–Trinajstić information content (AvgIpc) is 2.73. The number of halogens is 1. The van der Waals surface area contributed by atoms with Gasteiger partial charge in [0.2, 0.25) is 0 Å². The molecule has 17 heavy (non-hydrogen) atoms. The van der Waals surface area contributed by atoms with Gasteiger partial charge in [-0.15, -0.1) is 11.3 Å². The van der Waals surface area contributed by atoms with Crippen LogP contribution in [0.3, 0.4) is 0 Å². The zero-order chi connectivity index (χ0) is 12.3. The topological polar surface area (TPSA) is 63.8 Å². The highest BCUT2D eigenvalue weighted by Gasteiger charge is 2.12. The van der Waals surface area contributed by atoms with Crippen LogP contribution in [0, 0.1) is 6.92 Å². The average molecular weight is 269 g/mol. The highest BCUT2D eigenvalue weighted by atomic mass is 35.5. The van der Waals surface area contributed by atoms with Gasteiger partial charge in [0.05, 0.1) is 16.7 Å². The smallest absolute Gasteiger partial charge is 0.129 e. The molecule has 0 spiro atoms. The lowest BCUT2D eigenvalue weighted by atomic mass is 10.1. The molecule has 3 N–H and O–H groups in total. The first kappa shape index (κ1) is 12.4. The number of aryl methyl sites for hydroxylation is 1. The fraction of sp³-hybridized carbons (Fsp3) is 0.273. The van der Waals surface area contributed by atoms with Crippen LogP contribution in [-0.4, -0.2) is 9.97 Å². The summed E-state index contributed by atoms with van der Waals surface area (Å²) in [7, 11) is 0. The molecule has 2 aromatic rings. The molecule has 0 aliphatic rings. The fourth-order valence-corrected chi connectivity index (χ4v) is 2.31. The highest BCUT2D eigenvalue weighted by Crippen LogP contribution is 2.19. The van der Waals surface area contributed by atoms with E-state index in [4.69, 9.17) is 17.4 Å².